The van der Waals surface area contributed by atoms with Gasteiger partial charge in [0.1, 0.15) is 5.75 Å². The van der Waals surface area contributed by atoms with Gasteiger partial charge in [0, 0.05) is 5.56 Å². The van der Waals surface area contributed by atoms with E-state index in [0.29, 0.717) is 34.9 Å². The monoisotopic (exact) mass is 287 g/mol. The van der Waals surface area contributed by atoms with E-state index in [1.165, 1.54) is 6.07 Å². The van der Waals surface area contributed by atoms with Crippen LogP contribution in [0.25, 0.3) is 0 Å². The van der Waals surface area contributed by atoms with Crippen LogP contribution in [0.2, 0.25) is 0 Å². The molecule has 0 fully saturated rings. The van der Waals surface area contributed by atoms with E-state index in [-0.39, 0.29) is 6.61 Å². The highest BCUT2D eigenvalue weighted by atomic mass is 16.5. The van der Waals surface area contributed by atoms with Gasteiger partial charge in [0.05, 0.1) is 24.5 Å². The first-order valence-electron chi connectivity index (χ1n) is 6.59. The number of hydrogen-bond acceptors (Lipinski definition) is 5. The maximum absolute atomic E-state index is 11.7. The molecule has 0 unspecified atom stereocenters. The SMILES string of the molecule is CCOC(=O)c1ccc(N)c(Oc2ccccc2CO)c1. The minimum absolute atomic E-state index is 0.145. The Bertz CT molecular complexity index is 640. The molecule has 0 aliphatic rings. The second kappa shape index (κ2) is 6.76. The molecule has 0 aromatic heterocycles. The molecule has 0 atom stereocenters. The number of nitrogens with two attached hydrogens (primary N) is 1. The van der Waals surface area contributed by atoms with Crippen molar-refractivity contribution in [3.63, 3.8) is 0 Å². The van der Waals surface area contributed by atoms with Crippen LogP contribution in [0.3, 0.4) is 0 Å². The Morgan fingerprint density at radius 1 is 1.19 bits per heavy atom. The lowest BCUT2D eigenvalue weighted by molar-refractivity contribution is 0.0526. The predicted octanol–water partition coefficient (Wildman–Crippen LogP) is 2.73. The summed E-state index contributed by atoms with van der Waals surface area (Å²) in [5.41, 5.74) is 7.26. The number of para-hydroxylation sites is 1. The van der Waals surface area contributed by atoms with E-state index in [4.69, 9.17) is 15.2 Å². The number of aliphatic hydroxyl groups excluding tert-OH is 1. The zero-order valence-electron chi connectivity index (χ0n) is 11.7. The number of hydrogen-bond donors (Lipinski definition) is 2. The van der Waals surface area contributed by atoms with Crippen molar-refractivity contribution < 1.29 is 19.4 Å². The van der Waals surface area contributed by atoms with Crippen LogP contribution < -0.4 is 10.5 Å². The molecule has 0 aliphatic heterocycles. The molecule has 2 aromatic carbocycles. The van der Waals surface area contributed by atoms with Crippen molar-refractivity contribution in [3.05, 3.63) is 53.6 Å². The summed E-state index contributed by atoms with van der Waals surface area (Å²) in [6.45, 7) is 1.89. The number of ether oxygens (including phenoxy) is 2. The summed E-state index contributed by atoms with van der Waals surface area (Å²) in [6, 6.07) is 11.8. The second-order valence-corrected chi connectivity index (χ2v) is 4.34. The van der Waals surface area contributed by atoms with E-state index in [1.807, 2.05) is 0 Å². The van der Waals surface area contributed by atoms with Gasteiger partial charge in [-0.3, -0.25) is 0 Å². The Balaban J connectivity index is 2.31. The fourth-order valence-electron chi connectivity index (χ4n) is 1.82. The lowest BCUT2D eigenvalue weighted by Gasteiger charge is -2.12. The Kier molecular flexibility index (Phi) is 4.79. The van der Waals surface area contributed by atoms with Crippen LogP contribution in [0, 0.1) is 0 Å². The van der Waals surface area contributed by atoms with E-state index in [9.17, 15) is 9.90 Å². The van der Waals surface area contributed by atoms with Crippen LogP contribution in [0.5, 0.6) is 11.5 Å². The molecule has 3 N–H and O–H groups in total. The first-order valence-corrected chi connectivity index (χ1v) is 6.59. The van der Waals surface area contributed by atoms with Crippen molar-refractivity contribution in [3.8, 4) is 11.5 Å². The maximum atomic E-state index is 11.7. The number of anilines is 1. The molecule has 0 saturated heterocycles. The first-order chi connectivity index (χ1) is 10.2. The smallest absolute Gasteiger partial charge is 0.338 e. The molecule has 2 rings (SSSR count). The average molecular weight is 287 g/mol. The normalized spacial score (nSPS) is 10.2. The highest BCUT2D eigenvalue weighted by Gasteiger charge is 2.12. The molecular weight excluding hydrogens is 270 g/mol. The van der Waals surface area contributed by atoms with Gasteiger partial charge in [-0.2, -0.15) is 0 Å². The van der Waals surface area contributed by atoms with Gasteiger partial charge in [-0.1, -0.05) is 18.2 Å². The molecule has 21 heavy (non-hydrogen) atoms. The summed E-state index contributed by atoms with van der Waals surface area (Å²) in [7, 11) is 0. The summed E-state index contributed by atoms with van der Waals surface area (Å²) in [6.07, 6.45) is 0. The number of aliphatic hydroxyl groups is 1. The van der Waals surface area contributed by atoms with E-state index in [2.05, 4.69) is 0 Å². The van der Waals surface area contributed by atoms with E-state index >= 15 is 0 Å². The lowest BCUT2D eigenvalue weighted by Crippen LogP contribution is -2.05. The molecule has 0 heterocycles. The lowest BCUT2D eigenvalue weighted by atomic mass is 10.2. The number of carbonyl (C=O) groups is 1. The van der Waals surface area contributed by atoms with Crippen molar-refractivity contribution in [1.82, 2.24) is 0 Å². The number of rotatable bonds is 5. The molecule has 0 saturated carbocycles. The number of benzene rings is 2. The summed E-state index contributed by atoms with van der Waals surface area (Å²) >= 11 is 0. The third kappa shape index (κ3) is 3.52. The fraction of sp³-hybridized carbons (Fsp3) is 0.188. The van der Waals surface area contributed by atoms with Gasteiger partial charge in [-0.05, 0) is 31.2 Å². The summed E-state index contributed by atoms with van der Waals surface area (Å²) in [5, 5.41) is 9.29. The molecule has 2 aromatic rings. The predicted molar refractivity (Wildman–Crippen MR) is 79.2 cm³/mol. The van der Waals surface area contributed by atoms with Crippen LogP contribution in [-0.4, -0.2) is 17.7 Å². The van der Waals surface area contributed by atoms with Crippen LogP contribution in [0.1, 0.15) is 22.8 Å². The molecule has 0 radical (unpaired) electrons. The van der Waals surface area contributed by atoms with Gasteiger partial charge in [0.2, 0.25) is 0 Å². The summed E-state index contributed by atoms with van der Waals surface area (Å²) in [5.74, 6) is 0.409. The molecule has 5 heteroatoms. The van der Waals surface area contributed by atoms with Crippen LogP contribution in [-0.2, 0) is 11.3 Å². The van der Waals surface area contributed by atoms with E-state index in [0.717, 1.165) is 0 Å². The van der Waals surface area contributed by atoms with Gasteiger partial charge >= 0.3 is 5.97 Å². The van der Waals surface area contributed by atoms with Gasteiger partial charge in [0.15, 0.2) is 5.75 Å². The molecule has 0 amide bonds. The fourth-order valence-corrected chi connectivity index (χ4v) is 1.82. The molecule has 5 nitrogen and oxygen atoms in total. The van der Waals surface area contributed by atoms with Crippen molar-refractivity contribution >= 4 is 11.7 Å². The highest BCUT2D eigenvalue weighted by Crippen LogP contribution is 2.30. The Labute approximate surface area is 122 Å². The van der Waals surface area contributed by atoms with Gasteiger partial charge in [-0.25, -0.2) is 4.79 Å². The quantitative estimate of drug-likeness (QED) is 0.652. The van der Waals surface area contributed by atoms with Gasteiger partial charge in [-0.15, -0.1) is 0 Å². The number of nitrogen functional groups attached to an aromatic ring is 1. The average Bonchev–Trinajstić information content (AvgIpc) is 2.50. The minimum Gasteiger partial charge on any atom is -0.462 e. The first kappa shape index (κ1) is 14.9. The van der Waals surface area contributed by atoms with E-state index < -0.39 is 5.97 Å². The molecule has 0 spiro atoms. The Morgan fingerprint density at radius 3 is 2.67 bits per heavy atom. The molecule has 110 valence electrons. The van der Waals surface area contributed by atoms with Crippen LogP contribution >= 0.6 is 0 Å². The standard InChI is InChI=1S/C16H17NO4/c1-2-20-16(19)11-7-8-13(17)15(9-11)21-14-6-4-3-5-12(14)10-18/h3-9,18H,2,10,17H2,1H3. The highest BCUT2D eigenvalue weighted by molar-refractivity contribution is 5.90. The zero-order chi connectivity index (χ0) is 15.2. The minimum atomic E-state index is -0.433. The zero-order valence-corrected chi connectivity index (χ0v) is 11.7. The maximum Gasteiger partial charge on any atom is 0.338 e. The van der Waals surface area contributed by atoms with Crippen LogP contribution in [0.15, 0.2) is 42.5 Å². The van der Waals surface area contributed by atoms with E-state index in [1.54, 1.807) is 43.3 Å². The van der Waals surface area contributed by atoms with Crippen LogP contribution in [0.4, 0.5) is 5.69 Å². The van der Waals surface area contributed by atoms with Crippen molar-refractivity contribution in [2.75, 3.05) is 12.3 Å². The largest absolute Gasteiger partial charge is 0.462 e. The summed E-state index contributed by atoms with van der Waals surface area (Å²) < 4.78 is 10.6. The van der Waals surface area contributed by atoms with Gasteiger partial charge < -0.3 is 20.3 Å². The van der Waals surface area contributed by atoms with Crippen molar-refractivity contribution in [2.45, 2.75) is 13.5 Å². The molecule has 0 aliphatic carbocycles. The number of carbonyl (C=O) groups excluding carboxylic acids is 1. The topological polar surface area (TPSA) is 81.8 Å². The third-order valence-electron chi connectivity index (χ3n) is 2.89. The molecule has 0 bridgehead atoms. The van der Waals surface area contributed by atoms with Gasteiger partial charge in [0.25, 0.3) is 0 Å². The third-order valence-corrected chi connectivity index (χ3v) is 2.89. The van der Waals surface area contributed by atoms with Crippen molar-refractivity contribution in [2.24, 2.45) is 0 Å². The second-order valence-electron chi connectivity index (χ2n) is 4.34. The molecular formula is C16H17NO4. The Hall–Kier alpha value is -2.53. The summed E-state index contributed by atoms with van der Waals surface area (Å²) in [4.78, 5) is 11.7. The Morgan fingerprint density at radius 2 is 1.95 bits per heavy atom. The van der Waals surface area contributed by atoms with Crippen molar-refractivity contribution in [1.29, 1.82) is 0 Å². The number of esters is 1.